The van der Waals surface area contributed by atoms with Crippen molar-refractivity contribution >= 4 is 9.84 Å². The van der Waals surface area contributed by atoms with Crippen molar-refractivity contribution < 1.29 is 8.42 Å². The number of rotatable bonds is 3. The van der Waals surface area contributed by atoms with Crippen LogP contribution in [0.5, 0.6) is 0 Å². The normalized spacial score (nSPS) is 23.2. The molecule has 0 bridgehead atoms. The van der Waals surface area contributed by atoms with Crippen molar-refractivity contribution in [3.63, 3.8) is 0 Å². The van der Waals surface area contributed by atoms with E-state index in [0.29, 0.717) is 18.1 Å². The molecular formula is C15H23NO2S. The van der Waals surface area contributed by atoms with E-state index in [-0.39, 0.29) is 11.8 Å². The number of hydrogen-bond acceptors (Lipinski definition) is 3. The summed E-state index contributed by atoms with van der Waals surface area (Å²) in [7, 11) is -2.91. The van der Waals surface area contributed by atoms with Gasteiger partial charge >= 0.3 is 0 Å². The summed E-state index contributed by atoms with van der Waals surface area (Å²) in [6.07, 6.45) is 1.78. The van der Waals surface area contributed by atoms with Crippen molar-refractivity contribution in [2.24, 2.45) is 5.92 Å². The van der Waals surface area contributed by atoms with Gasteiger partial charge in [-0.1, -0.05) is 38.1 Å². The molecule has 0 radical (unpaired) electrons. The summed E-state index contributed by atoms with van der Waals surface area (Å²) in [5.41, 5.74) is 2.40. The minimum absolute atomic E-state index is 0.0550. The van der Waals surface area contributed by atoms with Gasteiger partial charge in [0.1, 0.15) is 0 Å². The van der Waals surface area contributed by atoms with Crippen LogP contribution in [0.3, 0.4) is 0 Å². The molecule has 1 aliphatic rings. The largest absolute Gasteiger partial charge is 0.309 e. The Labute approximate surface area is 116 Å². The molecule has 0 saturated carbocycles. The van der Waals surface area contributed by atoms with Gasteiger partial charge in [0.15, 0.2) is 9.84 Å². The third-order valence-electron chi connectivity index (χ3n) is 3.47. The maximum atomic E-state index is 11.8. The first-order valence-corrected chi connectivity index (χ1v) is 8.81. The van der Waals surface area contributed by atoms with Gasteiger partial charge in [0.2, 0.25) is 0 Å². The van der Waals surface area contributed by atoms with Crippen LogP contribution in [0.1, 0.15) is 37.4 Å². The molecule has 106 valence electrons. The van der Waals surface area contributed by atoms with Crippen molar-refractivity contribution in [1.82, 2.24) is 5.32 Å². The molecule has 1 unspecified atom stereocenters. The van der Waals surface area contributed by atoms with E-state index in [1.165, 1.54) is 5.56 Å². The highest BCUT2D eigenvalue weighted by Gasteiger charge is 2.23. The van der Waals surface area contributed by atoms with Crippen LogP contribution >= 0.6 is 0 Å². The lowest BCUT2D eigenvalue weighted by Gasteiger charge is -2.16. The first kappa shape index (κ1) is 14.5. The summed E-state index contributed by atoms with van der Waals surface area (Å²) in [5, 5.41) is 3.33. The number of nitrogens with one attached hydrogen (secondary N) is 1. The van der Waals surface area contributed by atoms with Gasteiger partial charge in [0.25, 0.3) is 0 Å². The smallest absolute Gasteiger partial charge is 0.152 e. The highest BCUT2D eigenvalue weighted by atomic mass is 32.2. The maximum absolute atomic E-state index is 11.8. The van der Waals surface area contributed by atoms with E-state index in [2.05, 4.69) is 43.4 Å². The van der Waals surface area contributed by atoms with Crippen LogP contribution in [0.4, 0.5) is 0 Å². The molecule has 19 heavy (non-hydrogen) atoms. The first-order chi connectivity index (χ1) is 8.96. The zero-order valence-corrected chi connectivity index (χ0v) is 12.5. The molecule has 0 aromatic heterocycles. The molecule has 1 atom stereocenters. The van der Waals surface area contributed by atoms with E-state index in [1.54, 1.807) is 0 Å². The van der Waals surface area contributed by atoms with Gasteiger partial charge in [-0.25, -0.2) is 8.42 Å². The van der Waals surface area contributed by atoms with Gasteiger partial charge in [-0.15, -0.1) is 0 Å². The second kappa shape index (κ2) is 6.06. The van der Waals surface area contributed by atoms with Gasteiger partial charge < -0.3 is 5.32 Å². The summed E-state index contributed by atoms with van der Waals surface area (Å²) in [6.45, 7) is 5.18. The van der Waals surface area contributed by atoms with Crippen molar-refractivity contribution in [1.29, 1.82) is 0 Å². The highest BCUT2D eigenvalue weighted by molar-refractivity contribution is 7.91. The molecule has 3 nitrogen and oxygen atoms in total. The number of benzene rings is 1. The Kier molecular flexibility index (Phi) is 4.63. The fourth-order valence-electron chi connectivity index (χ4n) is 2.54. The molecular weight excluding hydrogens is 258 g/mol. The van der Waals surface area contributed by atoms with E-state index < -0.39 is 9.84 Å². The second-order valence-corrected chi connectivity index (χ2v) is 8.04. The van der Waals surface area contributed by atoms with Gasteiger partial charge in [0, 0.05) is 6.04 Å². The second-order valence-electron chi connectivity index (χ2n) is 5.81. The molecule has 0 amide bonds. The maximum Gasteiger partial charge on any atom is 0.152 e. The Morgan fingerprint density at radius 1 is 1.26 bits per heavy atom. The predicted octanol–water partition coefficient (Wildman–Crippen LogP) is 2.33. The van der Waals surface area contributed by atoms with Gasteiger partial charge in [-0.2, -0.15) is 0 Å². The molecule has 4 heteroatoms. The third-order valence-corrected chi connectivity index (χ3v) is 5.22. The zero-order chi connectivity index (χ0) is 13.9. The molecule has 1 saturated heterocycles. The van der Waals surface area contributed by atoms with Gasteiger partial charge in [-0.3, -0.25) is 0 Å². The standard InChI is InChI=1S/C15H23NO2S/c1-12(2)10-13-4-6-14(7-5-13)15-11-19(17,18)9-3-8-16-15/h4-7,12,15-16H,3,8-11H2,1-2H3. The Bertz CT molecular complexity index is 505. The number of sulfone groups is 1. The minimum Gasteiger partial charge on any atom is -0.309 e. The average Bonchev–Trinajstić information content (AvgIpc) is 2.50. The summed E-state index contributed by atoms with van der Waals surface area (Å²) < 4.78 is 23.7. The molecule has 1 fully saturated rings. The molecule has 1 N–H and O–H groups in total. The quantitative estimate of drug-likeness (QED) is 0.925. The Balaban J connectivity index is 2.12. The fraction of sp³-hybridized carbons (Fsp3) is 0.600. The molecule has 2 rings (SSSR count). The lowest BCUT2D eigenvalue weighted by atomic mass is 10.00. The fourth-order valence-corrected chi connectivity index (χ4v) is 4.11. The van der Waals surface area contributed by atoms with Gasteiger partial charge in [0.05, 0.1) is 11.5 Å². The molecule has 1 aromatic carbocycles. The Morgan fingerprint density at radius 3 is 2.58 bits per heavy atom. The van der Waals surface area contributed by atoms with Crippen LogP contribution < -0.4 is 5.32 Å². The lowest BCUT2D eigenvalue weighted by molar-refractivity contribution is 0.571. The topological polar surface area (TPSA) is 46.2 Å². The first-order valence-electron chi connectivity index (χ1n) is 6.99. The van der Waals surface area contributed by atoms with Crippen LogP contribution in [0.25, 0.3) is 0 Å². The summed E-state index contributed by atoms with van der Waals surface area (Å²) in [4.78, 5) is 0. The summed E-state index contributed by atoms with van der Waals surface area (Å²) in [5.74, 6) is 1.17. The van der Waals surface area contributed by atoms with E-state index in [1.807, 2.05) is 0 Å². The average molecular weight is 281 g/mol. The summed E-state index contributed by atoms with van der Waals surface area (Å²) >= 11 is 0. The van der Waals surface area contributed by atoms with E-state index >= 15 is 0 Å². The minimum atomic E-state index is -2.91. The van der Waals surface area contributed by atoms with Crippen molar-refractivity contribution in [2.75, 3.05) is 18.1 Å². The van der Waals surface area contributed by atoms with Crippen LogP contribution in [-0.2, 0) is 16.3 Å². The Hall–Kier alpha value is -0.870. The Morgan fingerprint density at radius 2 is 1.95 bits per heavy atom. The number of hydrogen-bond donors (Lipinski definition) is 1. The monoisotopic (exact) mass is 281 g/mol. The van der Waals surface area contributed by atoms with Crippen LogP contribution in [0.15, 0.2) is 24.3 Å². The molecule has 1 heterocycles. The molecule has 1 aliphatic heterocycles. The van der Waals surface area contributed by atoms with Crippen molar-refractivity contribution in [3.05, 3.63) is 35.4 Å². The van der Waals surface area contributed by atoms with Crippen LogP contribution in [0.2, 0.25) is 0 Å². The van der Waals surface area contributed by atoms with E-state index in [4.69, 9.17) is 0 Å². The van der Waals surface area contributed by atoms with E-state index in [0.717, 1.165) is 18.5 Å². The van der Waals surface area contributed by atoms with Crippen molar-refractivity contribution in [3.8, 4) is 0 Å². The zero-order valence-electron chi connectivity index (χ0n) is 11.7. The predicted molar refractivity (Wildman–Crippen MR) is 79.0 cm³/mol. The highest BCUT2D eigenvalue weighted by Crippen LogP contribution is 2.20. The third kappa shape index (κ3) is 4.32. The summed E-state index contributed by atoms with van der Waals surface area (Å²) in [6, 6.07) is 8.32. The van der Waals surface area contributed by atoms with Crippen LogP contribution in [0, 0.1) is 5.92 Å². The van der Waals surface area contributed by atoms with Crippen LogP contribution in [-0.4, -0.2) is 26.5 Å². The molecule has 1 aromatic rings. The SMILES string of the molecule is CC(C)Cc1ccc(C2CS(=O)(=O)CCCN2)cc1. The van der Waals surface area contributed by atoms with Gasteiger partial charge in [-0.05, 0) is 36.4 Å². The molecule has 0 aliphatic carbocycles. The molecule has 0 spiro atoms. The lowest BCUT2D eigenvalue weighted by Crippen LogP contribution is -2.25. The van der Waals surface area contributed by atoms with E-state index in [9.17, 15) is 8.42 Å². The van der Waals surface area contributed by atoms with Crippen molar-refractivity contribution in [2.45, 2.75) is 32.7 Å².